The number of likely N-dealkylation sites (N-methyl/N-ethyl adjacent to an activating group) is 1. The summed E-state index contributed by atoms with van der Waals surface area (Å²) in [5, 5.41) is 3.48. The van der Waals surface area contributed by atoms with Crippen molar-refractivity contribution in [3.63, 3.8) is 0 Å². The van der Waals surface area contributed by atoms with E-state index >= 15 is 0 Å². The van der Waals surface area contributed by atoms with Crippen LogP contribution < -0.4 is 5.32 Å². The Bertz CT molecular complexity index is 376. The molecular weight excluding hydrogens is 218 g/mol. The van der Waals surface area contributed by atoms with Crippen molar-refractivity contribution in [2.24, 2.45) is 5.41 Å². The molecule has 0 spiro atoms. The van der Waals surface area contributed by atoms with E-state index in [0.717, 1.165) is 6.42 Å². The molecule has 0 aliphatic heterocycles. The molecule has 0 bridgehead atoms. The van der Waals surface area contributed by atoms with Crippen LogP contribution in [0.2, 0.25) is 0 Å². The summed E-state index contributed by atoms with van der Waals surface area (Å²) in [5.41, 5.74) is 6.12. The first-order valence-corrected chi connectivity index (χ1v) is 6.97. The standard InChI is InChI=1S/C17H29N/c1-12-8-13(2)16(14(3)9-12)10-15(18-7)11-17(4,5)6/h8-9,15,18H,10-11H2,1-7H3. The first-order valence-electron chi connectivity index (χ1n) is 6.97. The van der Waals surface area contributed by atoms with Crippen LogP contribution in [0.1, 0.15) is 49.4 Å². The van der Waals surface area contributed by atoms with Crippen LogP contribution in [0.15, 0.2) is 12.1 Å². The van der Waals surface area contributed by atoms with Crippen molar-refractivity contribution in [2.75, 3.05) is 7.05 Å². The van der Waals surface area contributed by atoms with Crippen molar-refractivity contribution in [1.82, 2.24) is 5.32 Å². The molecule has 0 aliphatic rings. The molecule has 0 aromatic heterocycles. The normalized spacial score (nSPS) is 13.7. The second-order valence-electron chi connectivity index (χ2n) is 6.83. The van der Waals surface area contributed by atoms with Crippen molar-refractivity contribution in [2.45, 2.75) is 60.4 Å². The van der Waals surface area contributed by atoms with Gasteiger partial charge in [0.05, 0.1) is 0 Å². The molecule has 1 heteroatoms. The summed E-state index contributed by atoms with van der Waals surface area (Å²) < 4.78 is 0. The van der Waals surface area contributed by atoms with Crippen molar-refractivity contribution < 1.29 is 0 Å². The van der Waals surface area contributed by atoms with Crippen molar-refractivity contribution in [1.29, 1.82) is 0 Å². The zero-order chi connectivity index (χ0) is 13.9. The van der Waals surface area contributed by atoms with Gasteiger partial charge in [0.15, 0.2) is 0 Å². The van der Waals surface area contributed by atoms with Crippen LogP contribution >= 0.6 is 0 Å². The lowest BCUT2D eigenvalue weighted by molar-refractivity contribution is 0.315. The summed E-state index contributed by atoms with van der Waals surface area (Å²) in [7, 11) is 2.08. The first kappa shape index (κ1) is 15.2. The predicted octanol–water partition coefficient (Wildman–Crippen LogP) is 4.18. The molecule has 0 radical (unpaired) electrons. The smallest absolute Gasteiger partial charge is 0.0110 e. The average molecular weight is 247 g/mol. The molecule has 102 valence electrons. The molecule has 1 nitrogen and oxygen atoms in total. The van der Waals surface area contributed by atoms with Gasteiger partial charge in [0, 0.05) is 6.04 Å². The highest BCUT2D eigenvalue weighted by molar-refractivity contribution is 5.38. The lowest BCUT2D eigenvalue weighted by Gasteiger charge is -2.27. The second-order valence-corrected chi connectivity index (χ2v) is 6.83. The molecule has 1 unspecified atom stereocenters. The first-order chi connectivity index (χ1) is 8.23. The van der Waals surface area contributed by atoms with E-state index in [9.17, 15) is 0 Å². The molecule has 1 atom stereocenters. The van der Waals surface area contributed by atoms with Gasteiger partial charge < -0.3 is 5.32 Å². The maximum atomic E-state index is 3.48. The van der Waals surface area contributed by atoms with Gasteiger partial charge in [-0.3, -0.25) is 0 Å². The Morgan fingerprint density at radius 3 is 1.94 bits per heavy atom. The minimum absolute atomic E-state index is 0.375. The molecule has 1 aromatic rings. The van der Waals surface area contributed by atoms with Crippen LogP contribution in [0, 0.1) is 26.2 Å². The van der Waals surface area contributed by atoms with E-state index in [0.29, 0.717) is 11.5 Å². The van der Waals surface area contributed by atoms with Crippen LogP contribution in [-0.2, 0) is 6.42 Å². The highest BCUT2D eigenvalue weighted by Gasteiger charge is 2.19. The fourth-order valence-corrected chi connectivity index (χ4v) is 2.79. The molecule has 0 saturated heterocycles. The quantitative estimate of drug-likeness (QED) is 0.841. The maximum absolute atomic E-state index is 3.48. The molecule has 1 aromatic carbocycles. The predicted molar refractivity (Wildman–Crippen MR) is 81.3 cm³/mol. The minimum Gasteiger partial charge on any atom is -0.317 e. The van der Waals surface area contributed by atoms with E-state index in [4.69, 9.17) is 0 Å². The molecule has 0 saturated carbocycles. The van der Waals surface area contributed by atoms with E-state index in [1.54, 1.807) is 0 Å². The van der Waals surface area contributed by atoms with Gasteiger partial charge >= 0.3 is 0 Å². The zero-order valence-corrected chi connectivity index (χ0v) is 13.1. The fraction of sp³-hybridized carbons (Fsp3) is 0.647. The molecule has 18 heavy (non-hydrogen) atoms. The summed E-state index contributed by atoms with van der Waals surface area (Å²) in [6.07, 6.45) is 2.34. The molecular formula is C17H29N. The van der Waals surface area contributed by atoms with Gasteiger partial charge in [0.1, 0.15) is 0 Å². The minimum atomic E-state index is 0.375. The Hall–Kier alpha value is -0.820. The number of hydrogen-bond acceptors (Lipinski definition) is 1. The van der Waals surface area contributed by atoms with E-state index in [1.807, 2.05) is 0 Å². The Kier molecular flexibility index (Phi) is 4.98. The molecule has 0 fully saturated rings. The molecule has 0 heterocycles. The van der Waals surface area contributed by atoms with Gasteiger partial charge in [0.25, 0.3) is 0 Å². The third kappa shape index (κ3) is 4.45. The molecule has 1 rings (SSSR count). The fourth-order valence-electron chi connectivity index (χ4n) is 2.79. The number of hydrogen-bond donors (Lipinski definition) is 1. The van der Waals surface area contributed by atoms with Crippen molar-refractivity contribution in [3.8, 4) is 0 Å². The van der Waals surface area contributed by atoms with Crippen LogP contribution in [0.4, 0.5) is 0 Å². The Labute approximate surface area is 113 Å². The summed E-state index contributed by atoms with van der Waals surface area (Å²) in [6, 6.07) is 5.16. The molecule has 0 aliphatic carbocycles. The van der Waals surface area contributed by atoms with Gasteiger partial charge in [-0.1, -0.05) is 38.5 Å². The molecule has 1 N–H and O–H groups in total. The topological polar surface area (TPSA) is 12.0 Å². The lowest BCUT2D eigenvalue weighted by Crippen LogP contribution is -2.32. The number of nitrogens with one attached hydrogen (secondary N) is 1. The number of aryl methyl sites for hydroxylation is 3. The highest BCUT2D eigenvalue weighted by atomic mass is 14.9. The van der Waals surface area contributed by atoms with Gasteiger partial charge in [-0.25, -0.2) is 0 Å². The van der Waals surface area contributed by atoms with Crippen LogP contribution in [0.5, 0.6) is 0 Å². The summed E-state index contributed by atoms with van der Waals surface area (Å²) >= 11 is 0. The Balaban J connectivity index is 2.89. The summed E-state index contributed by atoms with van der Waals surface area (Å²) in [6.45, 7) is 13.6. The van der Waals surface area contributed by atoms with Gasteiger partial charge in [0.2, 0.25) is 0 Å². The van der Waals surface area contributed by atoms with E-state index in [1.165, 1.54) is 28.7 Å². The van der Waals surface area contributed by atoms with Crippen LogP contribution in [0.25, 0.3) is 0 Å². The second kappa shape index (κ2) is 5.88. The van der Waals surface area contributed by atoms with Crippen LogP contribution in [-0.4, -0.2) is 13.1 Å². The molecule has 0 amide bonds. The third-order valence-corrected chi connectivity index (χ3v) is 3.56. The number of rotatable bonds is 4. The highest BCUT2D eigenvalue weighted by Crippen LogP contribution is 2.25. The SMILES string of the molecule is CNC(Cc1c(C)cc(C)cc1C)CC(C)(C)C. The maximum Gasteiger partial charge on any atom is 0.0110 e. The van der Waals surface area contributed by atoms with Crippen molar-refractivity contribution in [3.05, 3.63) is 34.4 Å². The van der Waals surface area contributed by atoms with Crippen LogP contribution in [0.3, 0.4) is 0 Å². The Morgan fingerprint density at radius 1 is 1.06 bits per heavy atom. The average Bonchev–Trinajstić information content (AvgIpc) is 2.19. The largest absolute Gasteiger partial charge is 0.317 e. The summed E-state index contributed by atoms with van der Waals surface area (Å²) in [5.74, 6) is 0. The zero-order valence-electron chi connectivity index (χ0n) is 13.1. The van der Waals surface area contributed by atoms with E-state index in [2.05, 4.69) is 66.0 Å². The van der Waals surface area contributed by atoms with Gasteiger partial charge in [-0.05, 0) is 62.8 Å². The monoisotopic (exact) mass is 247 g/mol. The van der Waals surface area contributed by atoms with Crippen molar-refractivity contribution >= 4 is 0 Å². The summed E-state index contributed by atoms with van der Waals surface area (Å²) in [4.78, 5) is 0. The van der Waals surface area contributed by atoms with Gasteiger partial charge in [-0.15, -0.1) is 0 Å². The van der Waals surface area contributed by atoms with E-state index in [-0.39, 0.29) is 0 Å². The van der Waals surface area contributed by atoms with E-state index < -0.39 is 0 Å². The third-order valence-electron chi connectivity index (χ3n) is 3.56. The lowest BCUT2D eigenvalue weighted by atomic mass is 9.84. The number of benzene rings is 1. The van der Waals surface area contributed by atoms with Gasteiger partial charge in [-0.2, -0.15) is 0 Å². The Morgan fingerprint density at radius 2 is 1.56 bits per heavy atom.